The number of hydrogen-bond acceptors (Lipinski definition) is 3. The number of carboxylic acids is 1. The van der Waals surface area contributed by atoms with Crippen molar-refractivity contribution < 1.29 is 14.7 Å². The van der Waals surface area contributed by atoms with Crippen molar-refractivity contribution in [3.63, 3.8) is 0 Å². The number of carbonyl (C=O) groups excluding carboxylic acids is 1. The quantitative estimate of drug-likeness (QED) is 0.297. The molecular weight excluding hydrogens is 454 g/mol. The molecule has 1 amide bonds. The predicted molar refractivity (Wildman–Crippen MR) is 139 cm³/mol. The van der Waals surface area contributed by atoms with E-state index in [1.165, 1.54) is 16.0 Å². The zero-order chi connectivity index (χ0) is 24.2. The van der Waals surface area contributed by atoms with Crippen LogP contribution < -0.4 is 5.32 Å². The topological polar surface area (TPSA) is 66.4 Å². The lowest BCUT2D eigenvalue weighted by atomic mass is 10.0. The highest BCUT2D eigenvalue weighted by atomic mass is 35.5. The highest BCUT2D eigenvalue weighted by Gasteiger charge is 2.15. The molecule has 0 aliphatic carbocycles. The van der Waals surface area contributed by atoms with Gasteiger partial charge in [0, 0.05) is 9.93 Å². The number of carboxylic acid groups (broad SMARTS) is 1. The third kappa shape index (κ3) is 7.97. The summed E-state index contributed by atoms with van der Waals surface area (Å²) in [6.45, 7) is 4.92. The van der Waals surface area contributed by atoms with Gasteiger partial charge in [-0.2, -0.15) is 0 Å². The van der Waals surface area contributed by atoms with Crippen molar-refractivity contribution >= 4 is 46.9 Å². The minimum atomic E-state index is -1.10. The number of hydrogen-bond donors (Lipinski definition) is 2. The molecule has 0 saturated carbocycles. The van der Waals surface area contributed by atoms with Crippen LogP contribution in [-0.2, 0) is 9.59 Å². The molecule has 170 valence electrons. The summed E-state index contributed by atoms with van der Waals surface area (Å²) in [5, 5.41) is 11.1. The van der Waals surface area contributed by atoms with Crippen LogP contribution in [0.15, 0.2) is 95.4 Å². The molecule has 0 atom stereocenters. The van der Waals surface area contributed by atoms with Gasteiger partial charge in [0.15, 0.2) is 0 Å². The minimum absolute atomic E-state index is 0.286. The van der Waals surface area contributed by atoms with Crippen LogP contribution in [0.25, 0.3) is 22.8 Å². The summed E-state index contributed by atoms with van der Waals surface area (Å²) >= 11 is 7.64. The summed E-state index contributed by atoms with van der Waals surface area (Å²) in [6, 6.07) is 25.8. The van der Waals surface area contributed by atoms with E-state index in [9.17, 15) is 9.59 Å². The monoisotopic (exact) mass is 479 g/mol. The van der Waals surface area contributed by atoms with Crippen molar-refractivity contribution in [1.29, 1.82) is 0 Å². The fourth-order valence-corrected chi connectivity index (χ4v) is 3.83. The maximum Gasteiger partial charge on any atom is 0.322 e. The molecular formula is C27H26ClNO3S. The maximum atomic E-state index is 11.8. The first-order chi connectivity index (χ1) is 15.9. The molecule has 0 radical (unpaired) electrons. The Bertz CT molecular complexity index is 1120. The van der Waals surface area contributed by atoms with Crippen molar-refractivity contribution in [1.82, 2.24) is 5.32 Å². The number of rotatable bonds is 7. The van der Waals surface area contributed by atoms with Gasteiger partial charge in [0.2, 0.25) is 0 Å². The molecule has 0 fully saturated rings. The van der Waals surface area contributed by atoms with Crippen molar-refractivity contribution in [3.8, 4) is 11.1 Å². The molecule has 0 saturated heterocycles. The lowest BCUT2D eigenvalue weighted by Gasteiger charge is -2.08. The van der Waals surface area contributed by atoms with Crippen LogP contribution in [0, 0.1) is 0 Å². The van der Waals surface area contributed by atoms with E-state index in [4.69, 9.17) is 16.7 Å². The first-order valence-corrected chi connectivity index (χ1v) is 11.7. The second-order valence-electron chi connectivity index (χ2n) is 6.88. The van der Waals surface area contributed by atoms with E-state index in [1.807, 2.05) is 12.1 Å². The van der Waals surface area contributed by atoms with Gasteiger partial charge in [0.05, 0.1) is 5.57 Å². The van der Waals surface area contributed by atoms with Gasteiger partial charge in [-0.3, -0.25) is 9.59 Å². The second kappa shape index (κ2) is 13.3. The Labute approximate surface area is 204 Å². The summed E-state index contributed by atoms with van der Waals surface area (Å²) in [4.78, 5) is 23.5. The number of amides is 1. The van der Waals surface area contributed by atoms with E-state index in [-0.39, 0.29) is 5.57 Å². The predicted octanol–water partition coefficient (Wildman–Crippen LogP) is 6.58. The summed E-state index contributed by atoms with van der Waals surface area (Å²) in [7, 11) is 0. The van der Waals surface area contributed by atoms with E-state index in [2.05, 4.69) is 66.7 Å². The molecule has 3 rings (SSSR count). The van der Waals surface area contributed by atoms with Crippen LogP contribution in [-0.4, -0.2) is 29.8 Å². The molecule has 0 unspecified atom stereocenters. The molecule has 0 aliphatic heterocycles. The summed E-state index contributed by atoms with van der Waals surface area (Å²) in [6.07, 6.45) is 3.97. The van der Waals surface area contributed by atoms with Crippen LogP contribution in [0.2, 0.25) is 0 Å². The van der Waals surface area contributed by atoms with Crippen LogP contribution in [0.1, 0.15) is 18.1 Å². The first-order valence-electron chi connectivity index (χ1n) is 10.1. The lowest BCUT2D eigenvalue weighted by Crippen LogP contribution is -2.30. The van der Waals surface area contributed by atoms with Crippen molar-refractivity contribution in [3.05, 3.63) is 102 Å². The molecule has 33 heavy (non-hydrogen) atoms. The fraction of sp³-hybridized carbons (Fsp3) is 0.111. The van der Waals surface area contributed by atoms with Crippen LogP contribution in [0.4, 0.5) is 0 Å². The fourth-order valence-electron chi connectivity index (χ4n) is 3.02. The van der Waals surface area contributed by atoms with Crippen LogP contribution in [0.5, 0.6) is 0 Å². The zero-order valence-electron chi connectivity index (χ0n) is 18.5. The molecule has 2 N–H and O–H groups in total. The molecule has 0 spiro atoms. The third-order valence-electron chi connectivity index (χ3n) is 4.60. The average Bonchev–Trinajstić information content (AvgIpc) is 2.83. The molecule has 0 aliphatic rings. The Morgan fingerprint density at radius 1 is 1.00 bits per heavy atom. The highest BCUT2D eigenvalue weighted by Crippen LogP contribution is 2.30. The second-order valence-corrected chi connectivity index (χ2v) is 8.29. The Morgan fingerprint density at radius 3 is 2.15 bits per heavy atom. The molecule has 4 nitrogen and oxygen atoms in total. The lowest BCUT2D eigenvalue weighted by molar-refractivity contribution is -0.137. The molecule has 3 aromatic carbocycles. The zero-order valence-corrected chi connectivity index (χ0v) is 20.1. The van der Waals surface area contributed by atoms with E-state index in [1.54, 1.807) is 43.0 Å². The number of benzene rings is 3. The Hall–Kier alpha value is -3.28. The third-order valence-corrected chi connectivity index (χ3v) is 5.58. The van der Waals surface area contributed by atoms with Gasteiger partial charge in [-0.1, -0.05) is 97.1 Å². The van der Waals surface area contributed by atoms with Gasteiger partial charge in [-0.15, -0.1) is 11.8 Å². The number of thioether (sulfide) groups is 1. The number of aliphatic carboxylic acids is 1. The number of nitrogens with one attached hydrogen (secondary N) is 1. The summed E-state index contributed by atoms with van der Waals surface area (Å²) in [5.41, 5.74) is 4.66. The van der Waals surface area contributed by atoms with Gasteiger partial charge in [0.1, 0.15) is 6.54 Å². The van der Waals surface area contributed by atoms with Gasteiger partial charge in [-0.05, 0) is 41.5 Å². The largest absolute Gasteiger partial charge is 0.480 e. The maximum absolute atomic E-state index is 11.8. The van der Waals surface area contributed by atoms with Gasteiger partial charge in [-0.25, -0.2) is 0 Å². The van der Waals surface area contributed by atoms with Crippen molar-refractivity contribution in [2.24, 2.45) is 0 Å². The molecule has 0 aromatic heterocycles. The van der Waals surface area contributed by atoms with Crippen molar-refractivity contribution in [2.45, 2.75) is 11.8 Å². The molecule has 3 aromatic rings. The molecule has 0 heterocycles. The smallest absolute Gasteiger partial charge is 0.322 e. The number of halogens is 1. The van der Waals surface area contributed by atoms with Gasteiger partial charge in [0.25, 0.3) is 5.91 Å². The molecule has 0 bridgehead atoms. The van der Waals surface area contributed by atoms with E-state index >= 15 is 0 Å². The standard InChI is InChI=1S/C15H14S.C12H12ClNO3/c1-3-12-8-10-13(11-9-12)14-6-4-5-7-15(14)16-2;1-8(13)11(9-5-3-2-4-6-9)12(17)14-7-10(15)16/h3-11H,1H2,2H3;2-6H,7H2,1H3,(H,14,17)(H,15,16)/b;11-8-. The minimum Gasteiger partial charge on any atom is -0.480 e. The highest BCUT2D eigenvalue weighted by molar-refractivity contribution is 7.98. The van der Waals surface area contributed by atoms with E-state index in [0.717, 1.165) is 5.56 Å². The Morgan fingerprint density at radius 2 is 1.61 bits per heavy atom. The van der Waals surface area contributed by atoms with E-state index < -0.39 is 18.4 Å². The first kappa shape index (κ1) is 26.0. The SMILES string of the molecule is C/C(Cl)=C(/C(=O)NCC(=O)O)c1ccccc1.C=Cc1ccc(-c2ccccc2SC)cc1. The van der Waals surface area contributed by atoms with Crippen LogP contribution >= 0.6 is 23.4 Å². The number of carbonyl (C=O) groups is 2. The normalized spacial score (nSPS) is 10.9. The summed E-state index contributed by atoms with van der Waals surface area (Å²) < 4.78 is 0. The summed E-state index contributed by atoms with van der Waals surface area (Å²) in [5.74, 6) is -1.59. The van der Waals surface area contributed by atoms with E-state index in [0.29, 0.717) is 10.6 Å². The number of allylic oxidation sites excluding steroid dienone is 1. The average molecular weight is 480 g/mol. The van der Waals surface area contributed by atoms with Gasteiger partial charge < -0.3 is 10.4 Å². The Balaban J connectivity index is 0.000000234. The van der Waals surface area contributed by atoms with Crippen LogP contribution in [0.3, 0.4) is 0 Å². The Kier molecular flexibility index (Phi) is 10.5. The van der Waals surface area contributed by atoms with Crippen molar-refractivity contribution in [2.75, 3.05) is 12.8 Å². The van der Waals surface area contributed by atoms with Gasteiger partial charge >= 0.3 is 5.97 Å². The molecule has 6 heteroatoms.